The molecule has 126 valence electrons. The first kappa shape index (κ1) is 17.6. The zero-order valence-electron chi connectivity index (χ0n) is 13.9. The SMILES string of the molecule is C/C(=N\NC(N)=S)c1cnc(NC2CCCCCCC2)nc1C. The molecule has 1 aliphatic rings. The van der Waals surface area contributed by atoms with Gasteiger partial charge in [0.2, 0.25) is 5.95 Å². The minimum Gasteiger partial charge on any atom is -0.375 e. The summed E-state index contributed by atoms with van der Waals surface area (Å²) in [6.07, 6.45) is 10.8. The normalized spacial score (nSPS) is 17.2. The number of hydrogen-bond acceptors (Lipinski definition) is 5. The molecule has 0 unspecified atom stereocenters. The molecule has 0 atom stereocenters. The average Bonchev–Trinajstić information content (AvgIpc) is 2.47. The van der Waals surface area contributed by atoms with E-state index in [1.54, 1.807) is 6.20 Å². The molecule has 2 rings (SSSR count). The number of aryl methyl sites for hydroxylation is 1. The summed E-state index contributed by atoms with van der Waals surface area (Å²) in [5, 5.41) is 7.75. The van der Waals surface area contributed by atoms with Crippen molar-refractivity contribution in [2.45, 2.75) is 64.8 Å². The molecule has 0 spiro atoms. The van der Waals surface area contributed by atoms with E-state index in [1.807, 2.05) is 13.8 Å². The molecule has 0 amide bonds. The molecule has 23 heavy (non-hydrogen) atoms. The number of aromatic nitrogens is 2. The Balaban J connectivity index is 2.03. The lowest BCUT2D eigenvalue weighted by atomic mass is 9.97. The van der Waals surface area contributed by atoms with Crippen LogP contribution < -0.4 is 16.5 Å². The van der Waals surface area contributed by atoms with Gasteiger partial charge in [0.15, 0.2) is 5.11 Å². The van der Waals surface area contributed by atoms with E-state index in [0.717, 1.165) is 17.0 Å². The van der Waals surface area contributed by atoms with Gasteiger partial charge >= 0.3 is 0 Å². The number of nitrogens with two attached hydrogens (primary N) is 1. The summed E-state index contributed by atoms with van der Waals surface area (Å²) in [5.41, 5.74) is 10.5. The maximum absolute atomic E-state index is 5.38. The lowest BCUT2D eigenvalue weighted by Crippen LogP contribution is -2.25. The van der Waals surface area contributed by atoms with Crippen LogP contribution in [-0.2, 0) is 0 Å². The quantitative estimate of drug-likeness (QED) is 0.446. The Labute approximate surface area is 143 Å². The van der Waals surface area contributed by atoms with Crippen LogP contribution in [0.5, 0.6) is 0 Å². The number of nitrogens with one attached hydrogen (secondary N) is 2. The fourth-order valence-corrected chi connectivity index (χ4v) is 2.92. The summed E-state index contributed by atoms with van der Waals surface area (Å²) in [5.74, 6) is 0.701. The Morgan fingerprint density at radius 3 is 2.52 bits per heavy atom. The van der Waals surface area contributed by atoms with Crippen LogP contribution in [0.25, 0.3) is 0 Å². The van der Waals surface area contributed by atoms with Crippen molar-refractivity contribution in [2.24, 2.45) is 10.8 Å². The molecule has 0 radical (unpaired) electrons. The molecule has 0 bridgehead atoms. The summed E-state index contributed by atoms with van der Waals surface area (Å²) in [6.45, 7) is 3.83. The van der Waals surface area contributed by atoms with Crippen LogP contribution in [0, 0.1) is 6.92 Å². The largest absolute Gasteiger partial charge is 0.375 e. The van der Waals surface area contributed by atoms with E-state index in [-0.39, 0.29) is 5.11 Å². The molecule has 4 N–H and O–H groups in total. The second kappa shape index (κ2) is 8.76. The highest BCUT2D eigenvalue weighted by atomic mass is 32.1. The molecular formula is C16H26N6S. The first-order chi connectivity index (χ1) is 11.1. The highest BCUT2D eigenvalue weighted by Gasteiger charge is 2.13. The monoisotopic (exact) mass is 334 g/mol. The van der Waals surface area contributed by atoms with Crippen molar-refractivity contribution in [3.63, 3.8) is 0 Å². The smallest absolute Gasteiger partial charge is 0.223 e. The van der Waals surface area contributed by atoms with Crippen molar-refractivity contribution in [1.82, 2.24) is 15.4 Å². The van der Waals surface area contributed by atoms with Gasteiger partial charge in [-0.25, -0.2) is 9.97 Å². The van der Waals surface area contributed by atoms with Crippen LogP contribution >= 0.6 is 12.2 Å². The van der Waals surface area contributed by atoms with Gasteiger partial charge in [-0.3, -0.25) is 5.43 Å². The summed E-state index contributed by atoms with van der Waals surface area (Å²) in [6, 6.07) is 0.478. The van der Waals surface area contributed by atoms with Crippen LogP contribution in [0.4, 0.5) is 5.95 Å². The van der Waals surface area contributed by atoms with E-state index >= 15 is 0 Å². The summed E-state index contributed by atoms with van der Waals surface area (Å²) in [4.78, 5) is 9.02. The minimum absolute atomic E-state index is 0.144. The third-order valence-electron chi connectivity index (χ3n) is 4.14. The number of anilines is 1. The topological polar surface area (TPSA) is 88.2 Å². The number of rotatable bonds is 4. The molecular weight excluding hydrogens is 308 g/mol. The van der Waals surface area contributed by atoms with E-state index in [2.05, 4.69) is 25.8 Å². The Hall–Kier alpha value is -1.76. The van der Waals surface area contributed by atoms with Gasteiger partial charge in [0.25, 0.3) is 0 Å². The number of nitrogens with zero attached hydrogens (tertiary/aromatic N) is 3. The third-order valence-corrected chi connectivity index (χ3v) is 4.23. The minimum atomic E-state index is 0.144. The van der Waals surface area contributed by atoms with Crippen molar-refractivity contribution in [3.05, 3.63) is 17.5 Å². The van der Waals surface area contributed by atoms with E-state index in [4.69, 9.17) is 18.0 Å². The van der Waals surface area contributed by atoms with Gasteiger partial charge in [0.05, 0.1) is 11.4 Å². The zero-order valence-corrected chi connectivity index (χ0v) is 14.7. The number of hydrazone groups is 1. The standard InChI is InChI=1S/C16H26N6S/c1-11-14(12(2)21-22-15(17)23)10-18-16(19-11)20-13-8-6-4-3-5-7-9-13/h10,13H,3-9H2,1-2H3,(H3,17,22,23)(H,18,19,20)/b21-12+. The third kappa shape index (κ3) is 5.74. The van der Waals surface area contributed by atoms with Gasteiger partial charge in [0, 0.05) is 17.8 Å². The van der Waals surface area contributed by atoms with Crippen molar-refractivity contribution < 1.29 is 0 Å². The highest BCUT2D eigenvalue weighted by Crippen LogP contribution is 2.19. The molecule has 0 saturated heterocycles. The van der Waals surface area contributed by atoms with Crippen LogP contribution in [0.15, 0.2) is 11.3 Å². The van der Waals surface area contributed by atoms with Crippen LogP contribution in [-0.4, -0.2) is 26.8 Å². The highest BCUT2D eigenvalue weighted by molar-refractivity contribution is 7.80. The van der Waals surface area contributed by atoms with Crippen molar-refractivity contribution in [3.8, 4) is 0 Å². The van der Waals surface area contributed by atoms with Gasteiger partial charge in [-0.05, 0) is 38.9 Å². The van der Waals surface area contributed by atoms with Gasteiger partial charge < -0.3 is 11.1 Å². The fourth-order valence-electron chi connectivity index (χ4n) is 2.87. The Kier molecular flexibility index (Phi) is 6.70. The fraction of sp³-hybridized carbons (Fsp3) is 0.625. The van der Waals surface area contributed by atoms with Crippen molar-refractivity contribution >= 4 is 29.0 Å². The Morgan fingerprint density at radius 1 is 1.26 bits per heavy atom. The molecule has 1 heterocycles. The van der Waals surface area contributed by atoms with E-state index in [0.29, 0.717) is 12.0 Å². The first-order valence-corrected chi connectivity index (χ1v) is 8.67. The Morgan fingerprint density at radius 2 is 1.91 bits per heavy atom. The second-order valence-electron chi connectivity index (χ2n) is 6.05. The Bertz CT molecular complexity index is 564. The molecule has 1 saturated carbocycles. The zero-order chi connectivity index (χ0) is 16.7. The van der Waals surface area contributed by atoms with E-state index in [1.165, 1.54) is 44.9 Å². The summed E-state index contributed by atoms with van der Waals surface area (Å²) in [7, 11) is 0. The maximum Gasteiger partial charge on any atom is 0.223 e. The lowest BCUT2D eigenvalue weighted by molar-refractivity contribution is 0.470. The summed E-state index contributed by atoms with van der Waals surface area (Å²) < 4.78 is 0. The predicted octanol–water partition coefficient (Wildman–Crippen LogP) is 2.87. The summed E-state index contributed by atoms with van der Waals surface area (Å²) >= 11 is 4.75. The van der Waals surface area contributed by atoms with Crippen molar-refractivity contribution in [1.29, 1.82) is 0 Å². The number of hydrogen-bond donors (Lipinski definition) is 3. The van der Waals surface area contributed by atoms with Gasteiger partial charge in [-0.15, -0.1) is 0 Å². The van der Waals surface area contributed by atoms with Crippen LogP contribution in [0.1, 0.15) is 63.1 Å². The predicted molar refractivity (Wildman–Crippen MR) is 98.6 cm³/mol. The molecule has 0 aromatic carbocycles. The van der Waals surface area contributed by atoms with Crippen molar-refractivity contribution in [2.75, 3.05) is 5.32 Å². The van der Waals surface area contributed by atoms with Gasteiger partial charge in [0.1, 0.15) is 0 Å². The molecule has 1 aliphatic carbocycles. The van der Waals surface area contributed by atoms with E-state index in [9.17, 15) is 0 Å². The first-order valence-electron chi connectivity index (χ1n) is 8.26. The maximum atomic E-state index is 5.38. The van der Waals surface area contributed by atoms with Crippen LogP contribution in [0.3, 0.4) is 0 Å². The average molecular weight is 334 g/mol. The molecule has 1 aromatic rings. The lowest BCUT2D eigenvalue weighted by Gasteiger charge is -2.21. The van der Waals surface area contributed by atoms with Gasteiger partial charge in [-0.2, -0.15) is 5.10 Å². The van der Waals surface area contributed by atoms with Crippen LogP contribution in [0.2, 0.25) is 0 Å². The second-order valence-corrected chi connectivity index (χ2v) is 6.49. The van der Waals surface area contributed by atoms with Gasteiger partial charge in [-0.1, -0.05) is 32.1 Å². The molecule has 1 aromatic heterocycles. The molecule has 7 heteroatoms. The van der Waals surface area contributed by atoms with E-state index < -0.39 is 0 Å². The molecule has 1 fully saturated rings. The number of thiocarbonyl (C=S) groups is 1. The molecule has 0 aliphatic heterocycles. The molecule has 6 nitrogen and oxygen atoms in total.